The smallest absolute Gasteiger partial charge is 0.213 e. The van der Waals surface area contributed by atoms with Crippen LogP contribution in [0.3, 0.4) is 0 Å². The molecule has 0 atom stereocenters. The third-order valence-corrected chi connectivity index (χ3v) is 2.86. The molecule has 4 nitrogen and oxygen atoms in total. The number of benzene rings is 1. The van der Waals surface area contributed by atoms with Gasteiger partial charge >= 0.3 is 0 Å². The zero-order valence-electron chi connectivity index (χ0n) is 9.87. The second-order valence-corrected chi connectivity index (χ2v) is 4.16. The van der Waals surface area contributed by atoms with Crippen LogP contribution in [0.4, 0.5) is 0 Å². The Bertz CT molecular complexity index is 725. The first-order chi connectivity index (χ1) is 8.75. The number of hydrogen-bond acceptors (Lipinski definition) is 3. The Morgan fingerprint density at radius 2 is 2.17 bits per heavy atom. The topological polar surface area (TPSA) is 47.8 Å². The van der Waals surface area contributed by atoms with Gasteiger partial charge in [0.15, 0.2) is 0 Å². The minimum atomic E-state index is -0.0626. The van der Waals surface area contributed by atoms with Crippen LogP contribution in [-0.4, -0.2) is 20.3 Å². The van der Waals surface area contributed by atoms with Crippen molar-refractivity contribution in [2.45, 2.75) is 0 Å². The molecule has 0 N–H and O–H groups in total. The van der Waals surface area contributed by atoms with Crippen molar-refractivity contribution < 1.29 is 4.79 Å². The molecule has 0 saturated carbocycles. The highest BCUT2D eigenvalue weighted by Gasteiger charge is 2.14. The lowest BCUT2D eigenvalue weighted by Crippen LogP contribution is -2.02. The van der Waals surface area contributed by atoms with E-state index >= 15 is 0 Å². The lowest BCUT2D eigenvalue weighted by molar-refractivity contribution is 0.103. The van der Waals surface area contributed by atoms with Crippen LogP contribution in [0, 0.1) is 0 Å². The summed E-state index contributed by atoms with van der Waals surface area (Å²) >= 11 is 0. The number of carbonyl (C=O) groups excluding carboxylic acids is 1. The van der Waals surface area contributed by atoms with E-state index in [4.69, 9.17) is 0 Å². The van der Waals surface area contributed by atoms with Gasteiger partial charge < -0.3 is 4.57 Å². The maximum Gasteiger partial charge on any atom is 0.213 e. The van der Waals surface area contributed by atoms with Crippen molar-refractivity contribution in [1.29, 1.82) is 0 Å². The third-order valence-electron chi connectivity index (χ3n) is 2.86. The molecular formula is C14H11N3O. The van der Waals surface area contributed by atoms with Crippen LogP contribution in [-0.2, 0) is 7.05 Å². The number of rotatable bonds is 2. The second kappa shape index (κ2) is 4.07. The van der Waals surface area contributed by atoms with E-state index in [1.54, 1.807) is 29.5 Å². The Morgan fingerprint density at radius 3 is 2.94 bits per heavy atom. The first-order valence-corrected chi connectivity index (χ1v) is 5.61. The summed E-state index contributed by atoms with van der Waals surface area (Å²) in [6, 6.07) is 7.47. The van der Waals surface area contributed by atoms with Crippen LogP contribution in [0.2, 0.25) is 0 Å². The summed E-state index contributed by atoms with van der Waals surface area (Å²) in [6.45, 7) is 0. The minimum Gasteiger partial charge on any atom is -0.340 e. The Kier molecular flexibility index (Phi) is 2.41. The van der Waals surface area contributed by atoms with Gasteiger partial charge in [-0.05, 0) is 11.5 Å². The van der Waals surface area contributed by atoms with Crippen LogP contribution in [0.15, 0.2) is 49.2 Å². The molecule has 3 rings (SSSR count). The van der Waals surface area contributed by atoms with E-state index in [0.29, 0.717) is 11.3 Å². The van der Waals surface area contributed by atoms with E-state index in [2.05, 4.69) is 9.97 Å². The first-order valence-electron chi connectivity index (χ1n) is 5.61. The van der Waals surface area contributed by atoms with Crippen molar-refractivity contribution in [3.63, 3.8) is 0 Å². The maximum absolute atomic E-state index is 12.4. The van der Waals surface area contributed by atoms with Crippen molar-refractivity contribution in [3.05, 3.63) is 60.4 Å². The van der Waals surface area contributed by atoms with Gasteiger partial charge in [0, 0.05) is 36.6 Å². The zero-order chi connectivity index (χ0) is 12.5. The van der Waals surface area contributed by atoms with Crippen LogP contribution >= 0.6 is 0 Å². The Balaban J connectivity index is 2.17. The fraction of sp³-hybridized carbons (Fsp3) is 0.0714. The largest absolute Gasteiger partial charge is 0.340 e. The molecule has 4 heteroatoms. The van der Waals surface area contributed by atoms with E-state index in [9.17, 15) is 4.79 Å². The van der Waals surface area contributed by atoms with Gasteiger partial charge in [-0.25, -0.2) is 4.98 Å². The SMILES string of the molecule is Cn1cnc(C(=O)c2cccc3cnccc23)c1. The van der Waals surface area contributed by atoms with Crippen LogP contribution in [0.25, 0.3) is 10.8 Å². The number of aryl methyl sites for hydroxylation is 1. The summed E-state index contributed by atoms with van der Waals surface area (Å²) in [5, 5.41) is 1.86. The van der Waals surface area contributed by atoms with Crippen molar-refractivity contribution >= 4 is 16.6 Å². The number of fused-ring (bicyclic) bond motifs is 1. The number of ketones is 1. The summed E-state index contributed by atoms with van der Waals surface area (Å²) in [5.41, 5.74) is 1.12. The van der Waals surface area contributed by atoms with E-state index < -0.39 is 0 Å². The number of imidazole rings is 1. The molecule has 18 heavy (non-hydrogen) atoms. The summed E-state index contributed by atoms with van der Waals surface area (Å²) < 4.78 is 1.76. The van der Waals surface area contributed by atoms with Gasteiger partial charge in [0.1, 0.15) is 5.69 Å². The number of aromatic nitrogens is 3. The number of carbonyl (C=O) groups is 1. The van der Waals surface area contributed by atoms with Crippen LogP contribution in [0.5, 0.6) is 0 Å². The van der Waals surface area contributed by atoms with Crippen molar-refractivity contribution in [2.24, 2.45) is 7.05 Å². The van der Waals surface area contributed by atoms with Crippen LogP contribution < -0.4 is 0 Å². The molecule has 0 fully saturated rings. The molecule has 1 aromatic carbocycles. The van der Waals surface area contributed by atoms with Gasteiger partial charge in [-0.1, -0.05) is 18.2 Å². The molecule has 0 saturated heterocycles. The minimum absolute atomic E-state index is 0.0626. The maximum atomic E-state index is 12.4. The molecule has 88 valence electrons. The summed E-state index contributed by atoms with van der Waals surface area (Å²) in [4.78, 5) is 20.5. The van der Waals surface area contributed by atoms with Crippen molar-refractivity contribution in [1.82, 2.24) is 14.5 Å². The summed E-state index contributed by atoms with van der Waals surface area (Å²) in [7, 11) is 1.84. The first kappa shape index (κ1) is 10.7. The van der Waals surface area contributed by atoms with Gasteiger partial charge in [0.05, 0.1) is 6.33 Å². The van der Waals surface area contributed by atoms with Crippen molar-refractivity contribution in [2.75, 3.05) is 0 Å². The van der Waals surface area contributed by atoms with E-state index in [-0.39, 0.29) is 5.78 Å². The average molecular weight is 237 g/mol. The standard InChI is InChI=1S/C14H11N3O/c1-17-8-13(16-9-17)14(18)12-4-2-3-10-7-15-6-5-11(10)12/h2-9H,1H3. The van der Waals surface area contributed by atoms with Gasteiger partial charge in [0.2, 0.25) is 5.78 Å². The molecule has 0 spiro atoms. The number of hydrogen-bond donors (Lipinski definition) is 0. The molecule has 0 aliphatic carbocycles. The molecule has 2 heterocycles. The molecule has 0 amide bonds. The second-order valence-electron chi connectivity index (χ2n) is 4.16. The van der Waals surface area contributed by atoms with Gasteiger partial charge in [-0.15, -0.1) is 0 Å². The number of pyridine rings is 1. The third kappa shape index (κ3) is 1.68. The van der Waals surface area contributed by atoms with E-state index in [0.717, 1.165) is 10.8 Å². The Morgan fingerprint density at radius 1 is 1.28 bits per heavy atom. The van der Waals surface area contributed by atoms with Gasteiger partial charge in [-0.2, -0.15) is 0 Å². The fourth-order valence-corrected chi connectivity index (χ4v) is 1.99. The van der Waals surface area contributed by atoms with E-state index in [1.165, 1.54) is 0 Å². The zero-order valence-corrected chi connectivity index (χ0v) is 9.87. The lowest BCUT2D eigenvalue weighted by Gasteiger charge is -2.03. The average Bonchev–Trinajstić information content (AvgIpc) is 2.84. The molecule has 2 aromatic heterocycles. The molecular weight excluding hydrogens is 226 g/mol. The summed E-state index contributed by atoms with van der Waals surface area (Å²) in [6.07, 6.45) is 6.80. The van der Waals surface area contributed by atoms with Gasteiger partial charge in [-0.3, -0.25) is 9.78 Å². The predicted molar refractivity (Wildman–Crippen MR) is 68.4 cm³/mol. The molecule has 0 aliphatic rings. The normalized spacial score (nSPS) is 10.7. The Hall–Kier alpha value is -2.49. The molecule has 3 aromatic rings. The monoisotopic (exact) mass is 237 g/mol. The molecule has 0 aliphatic heterocycles. The lowest BCUT2D eigenvalue weighted by atomic mass is 10.0. The van der Waals surface area contributed by atoms with E-state index in [1.807, 2.05) is 31.3 Å². The molecule has 0 bridgehead atoms. The highest BCUT2D eigenvalue weighted by molar-refractivity contribution is 6.15. The molecule has 0 radical (unpaired) electrons. The van der Waals surface area contributed by atoms with Crippen LogP contribution in [0.1, 0.15) is 16.1 Å². The highest BCUT2D eigenvalue weighted by Crippen LogP contribution is 2.19. The molecule has 0 unspecified atom stereocenters. The summed E-state index contributed by atoms with van der Waals surface area (Å²) in [5.74, 6) is -0.0626. The highest BCUT2D eigenvalue weighted by atomic mass is 16.1. The Labute approximate surface area is 104 Å². The quantitative estimate of drug-likeness (QED) is 0.642. The number of nitrogens with zero attached hydrogens (tertiary/aromatic N) is 3. The van der Waals surface area contributed by atoms with Crippen molar-refractivity contribution in [3.8, 4) is 0 Å². The van der Waals surface area contributed by atoms with Gasteiger partial charge in [0.25, 0.3) is 0 Å². The fourth-order valence-electron chi connectivity index (χ4n) is 1.99. The predicted octanol–water partition coefficient (Wildman–Crippen LogP) is 2.20.